The van der Waals surface area contributed by atoms with Crippen LogP contribution in [0.25, 0.3) is 0 Å². The lowest BCUT2D eigenvalue weighted by molar-refractivity contribution is -0.624. The average molecular weight is 263 g/mol. The molecule has 0 N–H and O–H groups in total. The number of halogens is 1. The van der Waals surface area contributed by atoms with E-state index in [4.69, 9.17) is 14.2 Å². The van der Waals surface area contributed by atoms with Gasteiger partial charge in [-0.05, 0) is 0 Å². The van der Waals surface area contributed by atoms with Gasteiger partial charge in [0.1, 0.15) is 6.07 Å². The number of rotatable bonds is 3. The molecule has 77 valence electrons. The van der Waals surface area contributed by atoms with Crippen molar-refractivity contribution in [2.24, 2.45) is 0 Å². The van der Waals surface area contributed by atoms with Crippen LogP contribution in [0.3, 0.4) is 0 Å². The summed E-state index contributed by atoms with van der Waals surface area (Å²) in [5, 5.41) is 11.4. The highest BCUT2D eigenvalue weighted by molar-refractivity contribution is 9.10. The number of aromatic nitrogens is 1. The quantitative estimate of drug-likeness (QED) is 0.462. The van der Waals surface area contributed by atoms with Crippen LogP contribution < -0.4 is 18.9 Å². The minimum absolute atomic E-state index is 0.0231. The summed E-state index contributed by atoms with van der Waals surface area (Å²) in [5.74, 6) is 0.548. The van der Waals surface area contributed by atoms with Gasteiger partial charge in [0, 0.05) is 15.9 Å². The van der Waals surface area contributed by atoms with Crippen molar-refractivity contribution < 1.29 is 18.9 Å². The summed E-state index contributed by atoms with van der Waals surface area (Å²) in [4.78, 5) is 0. The summed E-state index contributed by atoms with van der Waals surface area (Å²) in [7, 11) is 4.25. The van der Waals surface area contributed by atoms with Crippen molar-refractivity contribution in [1.29, 1.82) is 0 Å². The van der Waals surface area contributed by atoms with Crippen LogP contribution in [0, 0.1) is 11.3 Å². The van der Waals surface area contributed by atoms with Crippen molar-refractivity contribution in [3.8, 4) is 17.4 Å². The Balaban J connectivity index is 3.42. The molecule has 0 bridgehead atoms. The molecule has 0 saturated heterocycles. The van der Waals surface area contributed by atoms with E-state index in [-0.39, 0.29) is 16.2 Å². The van der Waals surface area contributed by atoms with Crippen LogP contribution in [0.1, 0.15) is 0 Å². The summed E-state index contributed by atoms with van der Waals surface area (Å²) in [5.41, 5.74) is 0. The predicted molar refractivity (Wildman–Crippen MR) is 51.6 cm³/mol. The molecule has 0 saturated carbocycles. The molecule has 1 radical (unpaired) electrons. The SMILES string of the molecule is COc1[c]c(Br)[n+]([O-])c(OC)c1OC. The van der Waals surface area contributed by atoms with Gasteiger partial charge >= 0.3 is 5.88 Å². The molecule has 1 aromatic heterocycles. The zero-order valence-electron chi connectivity index (χ0n) is 7.96. The van der Waals surface area contributed by atoms with E-state index in [0.29, 0.717) is 10.5 Å². The predicted octanol–water partition coefficient (Wildman–Crippen LogP) is 0.908. The van der Waals surface area contributed by atoms with Crippen molar-refractivity contribution in [3.63, 3.8) is 0 Å². The number of hydrogen-bond acceptors (Lipinski definition) is 4. The molecule has 1 aromatic rings. The molecule has 0 fully saturated rings. The molecule has 0 spiro atoms. The van der Waals surface area contributed by atoms with Crippen LogP contribution in [0.15, 0.2) is 4.60 Å². The number of ether oxygens (including phenoxy) is 3. The summed E-state index contributed by atoms with van der Waals surface area (Å²) < 4.78 is 15.5. The first-order valence-corrected chi connectivity index (χ1v) is 4.45. The summed E-state index contributed by atoms with van der Waals surface area (Å²) in [6.45, 7) is 0. The highest BCUT2D eigenvalue weighted by atomic mass is 79.9. The Hall–Kier alpha value is -1.17. The highest BCUT2D eigenvalue weighted by Crippen LogP contribution is 2.35. The smallest absolute Gasteiger partial charge is 0.427 e. The molecule has 0 aliphatic heterocycles. The van der Waals surface area contributed by atoms with Gasteiger partial charge in [-0.1, -0.05) is 0 Å². The number of hydrogen-bond donors (Lipinski definition) is 0. The van der Waals surface area contributed by atoms with Gasteiger partial charge in [-0.15, -0.1) is 4.73 Å². The molecule has 1 heterocycles. The van der Waals surface area contributed by atoms with Crippen molar-refractivity contribution >= 4 is 15.9 Å². The first-order chi connectivity index (χ1) is 6.65. The molecule has 0 amide bonds. The summed E-state index contributed by atoms with van der Waals surface area (Å²) in [6.07, 6.45) is 0. The van der Waals surface area contributed by atoms with E-state index in [1.807, 2.05) is 0 Å². The van der Waals surface area contributed by atoms with Crippen LogP contribution in [-0.4, -0.2) is 21.3 Å². The second-order valence-electron chi connectivity index (χ2n) is 2.29. The van der Waals surface area contributed by atoms with Crippen molar-refractivity contribution in [3.05, 3.63) is 15.9 Å². The molecule has 1 rings (SSSR count). The zero-order chi connectivity index (χ0) is 10.7. The van der Waals surface area contributed by atoms with Gasteiger partial charge in [0.2, 0.25) is 0 Å². The third-order valence-electron chi connectivity index (χ3n) is 1.58. The fourth-order valence-corrected chi connectivity index (χ4v) is 1.32. The maximum absolute atomic E-state index is 11.4. The Kier molecular flexibility index (Phi) is 3.40. The van der Waals surface area contributed by atoms with Crippen molar-refractivity contribution in [2.75, 3.05) is 21.3 Å². The first-order valence-electron chi connectivity index (χ1n) is 3.66. The van der Waals surface area contributed by atoms with Crippen LogP contribution in [-0.2, 0) is 0 Å². The van der Waals surface area contributed by atoms with Gasteiger partial charge in [-0.25, -0.2) is 0 Å². The van der Waals surface area contributed by atoms with E-state index < -0.39 is 0 Å². The van der Waals surface area contributed by atoms with E-state index >= 15 is 0 Å². The molecule has 0 aliphatic rings. The molecular weight excluding hydrogens is 254 g/mol. The Morgan fingerprint density at radius 1 is 1.21 bits per heavy atom. The molecular formula is C8H9BrNO4. The van der Waals surface area contributed by atoms with Gasteiger partial charge in [0.05, 0.1) is 21.3 Å². The van der Waals surface area contributed by atoms with E-state index in [9.17, 15) is 5.21 Å². The third-order valence-corrected chi connectivity index (χ3v) is 2.10. The topological polar surface area (TPSA) is 54.6 Å². The van der Waals surface area contributed by atoms with Gasteiger partial charge in [-0.2, -0.15) is 0 Å². The van der Waals surface area contributed by atoms with Gasteiger partial charge in [-0.3, -0.25) is 0 Å². The normalized spacial score (nSPS) is 9.71. The number of methoxy groups -OCH3 is 3. The lowest BCUT2D eigenvalue weighted by Gasteiger charge is -2.11. The molecule has 14 heavy (non-hydrogen) atoms. The third kappa shape index (κ3) is 1.70. The summed E-state index contributed by atoms with van der Waals surface area (Å²) >= 11 is 3.02. The highest BCUT2D eigenvalue weighted by Gasteiger charge is 2.24. The standard InChI is InChI=1S/C8H9BrNO4/c1-12-5-4-6(9)10(11)8(14-3)7(5)13-2/h1-3H3. The van der Waals surface area contributed by atoms with E-state index in [0.717, 1.165) is 0 Å². The number of nitrogens with zero attached hydrogens (tertiary/aromatic N) is 1. The molecule has 0 aliphatic carbocycles. The Bertz CT molecular complexity index is 343. The number of pyridine rings is 1. The van der Waals surface area contributed by atoms with E-state index in [1.54, 1.807) is 0 Å². The molecule has 0 atom stereocenters. The van der Waals surface area contributed by atoms with Gasteiger partial charge < -0.3 is 19.4 Å². The maximum Gasteiger partial charge on any atom is 0.427 e. The monoisotopic (exact) mass is 262 g/mol. The Labute approximate surface area is 89.9 Å². The zero-order valence-corrected chi connectivity index (χ0v) is 9.54. The molecule has 5 nitrogen and oxygen atoms in total. The van der Waals surface area contributed by atoms with Crippen LogP contribution in [0.2, 0.25) is 0 Å². The molecule has 0 unspecified atom stereocenters. The van der Waals surface area contributed by atoms with Crippen molar-refractivity contribution in [1.82, 2.24) is 0 Å². The van der Waals surface area contributed by atoms with Gasteiger partial charge in [0.15, 0.2) is 5.75 Å². The minimum Gasteiger partial charge on any atom is -0.615 e. The Morgan fingerprint density at radius 2 is 1.86 bits per heavy atom. The minimum atomic E-state index is 0.0231. The summed E-state index contributed by atoms with van der Waals surface area (Å²) in [6, 6.07) is 2.66. The molecule has 6 heteroatoms. The average Bonchev–Trinajstić information content (AvgIpc) is 2.20. The second-order valence-corrected chi connectivity index (χ2v) is 3.04. The fraction of sp³-hybridized carbons (Fsp3) is 0.375. The van der Waals surface area contributed by atoms with Crippen LogP contribution >= 0.6 is 15.9 Å². The van der Waals surface area contributed by atoms with Gasteiger partial charge in [0.25, 0.3) is 10.4 Å². The molecule has 0 aromatic carbocycles. The largest absolute Gasteiger partial charge is 0.615 e. The van der Waals surface area contributed by atoms with Crippen LogP contribution in [0.4, 0.5) is 0 Å². The van der Waals surface area contributed by atoms with E-state index in [2.05, 4.69) is 22.0 Å². The second kappa shape index (κ2) is 4.36. The van der Waals surface area contributed by atoms with Crippen molar-refractivity contribution in [2.45, 2.75) is 0 Å². The Morgan fingerprint density at radius 3 is 2.29 bits per heavy atom. The van der Waals surface area contributed by atoms with E-state index in [1.165, 1.54) is 21.3 Å². The van der Waals surface area contributed by atoms with Crippen LogP contribution in [0.5, 0.6) is 17.4 Å². The maximum atomic E-state index is 11.4. The lowest BCUT2D eigenvalue weighted by Crippen LogP contribution is -2.31. The fourth-order valence-electron chi connectivity index (χ4n) is 0.979. The first kappa shape index (κ1) is 10.9. The lowest BCUT2D eigenvalue weighted by atomic mass is 10.4.